The molecule has 5 rings (SSSR count). The third-order valence-electron chi connectivity index (χ3n) is 4.70. The predicted molar refractivity (Wildman–Crippen MR) is 127 cm³/mol. The predicted octanol–water partition coefficient (Wildman–Crippen LogP) is 4.57. The van der Waals surface area contributed by atoms with Crippen LogP contribution in [0, 0.1) is 6.92 Å². The van der Waals surface area contributed by atoms with Gasteiger partial charge in [0, 0.05) is 11.3 Å². The quantitative estimate of drug-likeness (QED) is 0.281. The zero-order chi connectivity index (χ0) is 22.1. The van der Waals surface area contributed by atoms with E-state index in [1.165, 1.54) is 28.3 Å². The van der Waals surface area contributed by atoms with E-state index in [-0.39, 0.29) is 11.7 Å². The summed E-state index contributed by atoms with van der Waals surface area (Å²) in [6, 6.07) is 17.4. The van der Waals surface area contributed by atoms with Gasteiger partial charge in [-0.2, -0.15) is 0 Å². The van der Waals surface area contributed by atoms with Gasteiger partial charge in [0.15, 0.2) is 5.76 Å². The van der Waals surface area contributed by atoms with Crippen LogP contribution in [-0.4, -0.2) is 31.5 Å². The summed E-state index contributed by atoms with van der Waals surface area (Å²) in [5.74, 6) is 6.91. The van der Waals surface area contributed by atoms with E-state index < -0.39 is 0 Å². The van der Waals surface area contributed by atoms with Crippen LogP contribution in [0.1, 0.15) is 5.56 Å². The van der Waals surface area contributed by atoms with Gasteiger partial charge in [0.25, 0.3) is 0 Å². The van der Waals surface area contributed by atoms with Crippen molar-refractivity contribution in [1.82, 2.24) is 19.9 Å². The second-order valence-corrected chi connectivity index (χ2v) is 9.03. The molecule has 3 N–H and O–H groups in total. The summed E-state index contributed by atoms with van der Waals surface area (Å²) in [6.07, 6.45) is 1.54. The number of fused-ring (bicyclic) bond motifs is 1. The van der Waals surface area contributed by atoms with Crippen molar-refractivity contribution in [3.8, 4) is 22.2 Å². The average Bonchev–Trinajstić information content (AvgIpc) is 3.52. The summed E-state index contributed by atoms with van der Waals surface area (Å²) in [6.45, 7) is 2.07. The number of aromatic nitrogens is 4. The molecular formula is C22H18N6O2S2. The molecular weight excluding hydrogens is 444 g/mol. The van der Waals surface area contributed by atoms with Crippen LogP contribution in [-0.2, 0) is 4.79 Å². The van der Waals surface area contributed by atoms with Gasteiger partial charge in [0.1, 0.15) is 5.01 Å². The fourth-order valence-electron chi connectivity index (χ4n) is 3.13. The lowest BCUT2D eigenvalue weighted by Gasteiger charge is -2.06. The number of thiazole rings is 1. The van der Waals surface area contributed by atoms with Gasteiger partial charge in [-0.1, -0.05) is 17.8 Å². The molecule has 0 fully saturated rings. The van der Waals surface area contributed by atoms with Gasteiger partial charge in [-0.05, 0) is 61.0 Å². The Morgan fingerprint density at radius 1 is 1.19 bits per heavy atom. The number of furan rings is 1. The number of anilines is 1. The minimum atomic E-state index is -0.166. The molecule has 0 saturated carbocycles. The van der Waals surface area contributed by atoms with Crippen LogP contribution in [0.4, 0.5) is 5.69 Å². The Hall–Kier alpha value is -3.63. The standard InChI is InChI=1S/C22H18N6O2S2/c1-13-4-9-16-18(11-13)32-21(25-16)14-5-7-15(8-6-14)24-19(29)12-31-22-27-26-20(28(22)23)17-3-2-10-30-17/h2-11H,12,23H2,1H3,(H,24,29). The lowest BCUT2D eigenvalue weighted by molar-refractivity contribution is -0.113. The van der Waals surface area contributed by atoms with Crippen molar-refractivity contribution in [2.45, 2.75) is 12.1 Å². The molecule has 0 aliphatic heterocycles. The van der Waals surface area contributed by atoms with Crippen LogP contribution in [0.25, 0.3) is 32.4 Å². The molecule has 160 valence electrons. The minimum absolute atomic E-state index is 0.145. The maximum Gasteiger partial charge on any atom is 0.234 e. The summed E-state index contributed by atoms with van der Waals surface area (Å²) in [5.41, 5.74) is 3.93. The maximum absolute atomic E-state index is 12.4. The van der Waals surface area contributed by atoms with E-state index in [0.29, 0.717) is 22.4 Å². The van der Waals surface area contributed by atoms with Crippen molar-refractivity contribution in [2.24, 2.45) is 0 Å². The first kappa shape index (κ1) is 20.3. The molecule has 0 spiro atoms. The topological polar surface area (TPSA) is 112 Å². The number of rotatable bonds is 6. The normalized spacial score (nSPS) is 11.2. The van der Waals surface area contributed by atoms with Gasteiger partial charge in [-0.25, -0.2) is 9.66 Å². The monoisotopic (exact) mass is 462 g/mol. The number of benzene rings is 2. The molecule has 1 amide bonds. The van der Waals surface area contributed by atoms with Crippen molar-refractivity contribution in [2.75, 3.05) is 16.9 Å². The van der Waals surface area contributed by atoms with Crippen LogP contribution in [0.5, 0.6) is 0 Å². The second-order valence-electron chi connectivity index (χ2n) is 7.06. The van der Waals surface area contributed by atoms with Crippen molar-refractivity contribution < 1.29 is 9.21 Å². The van der Waals surface area contributed by atoms with E-state index in [2.05, 4.69) is 34.6 Å². The van der Waals surface area contributed by atoms with Crippen LogP contribution >= 0.6 is 23.1 Å². The third kappa shape index (κ3) is 4.10. The maximum atomic E-state index is 12.4. The molecule has 8 nitrogen and oxygen atoms in total. The first-order chi connectivity index (χ1) is 15.6. The highest BCUT2D eigenvalue weighted by atomic mass is 32.2. The molecule has 0 saturated heterocycles. The Bertz CT molecular complexity index is 1390. The Balaban J connectivity index is 1.21. The molecule has 0 atom stereocenters. The number of nitrogens with zero attached hydrogens (tertiary/aromatic N) is 4. The molecule has 32 heavy (non-hydrogen) atoms. The molecule has 0 aliphatic rings. The van der Waals surface area contributed by atoms with Crippen molar-refractivity contribution >= 4 is 44.9 Å². The molecule has 0 unspecified atom stereocenters. The second kappa shape index (κ2) is 8.48. The number of carbonyl (C=O) groups is 1. The van der Waals surface area contributed by atoms with E-state index in [4.69, 9.17) is 15.2 Å². The molecule has 0 bridgehead atoms. The van der Waals surface area contributed by atoms with E-state index in [1.54, 1.807) is 23.5 Å². The number of hydrogen-bond acceptors (Lipinski definition) is 8. The Kier molecular flexibility index (Phi) is 5.38. The first-order valence-corrected chi connectivity index (χ1v) is 11.5. The molecule has 0 radical (unpaired) electrons. The molecule has 5 aromatic rings. The summed E-state index contributed by atoms with van der Waals surface area (Å²) in [7, 11) is 0. The Labute approximate surface area is 191 Å². The zero-order valence-electron chi connectivity index (χ0n) is 17.0. The fourth-order valence-corrected chi connectivity index (χ4v) is 4.85. The van der Waals surface area contributed by atoms with Crippen molar-refractivity contribution in [3.05, 3.63) is 66.4 Å². The molecule has 0 aliphatic carbocycles. The van der Waals surface area contributed by atoms with E-state index >= 15 is 0 Å². The summed E-state index contributed by atoms with van der Waals surface area (Å²) in [5, 5.41) is 12.3. The largest absolute Gasteiger partial charge is 0.461 e. The number of aryl methyl sites for hydroxylation is 1. The van der Waals surface area contributed by atoms with Gasteiger partial charge in [-0.3, -0.25) is 4.79 Å². The summed E-state index contributed by atoms with van der Waals surface area (Å²) < 4.78 is 7.76. The number of nitrogens with one attached hydrogen (secondary N) is 1. The van der Waals surface area contributed by atoms with Gasteiger partial charge in [0.2, 0.25) is 16.9 Å². The lowest BCUT2D eigenvalue weighted by atomic mass is 10.2. The first-order valence-electron chi connectivity index (χ1n) is 9.71. The summed E-state index contributed by atoms with van der Waals surface area (Å²) >= 11 is 2.86. The average molecular weight is 463 g/mol. The lowest BCUT2D eigenvalue weighted by Crippen LogP contribution is -2.16. The van der Waals surface area contributed by atoms with E-state index in [9.17, 15) is 4.79 Å². The molecule has 2 aromatic carbocycles. The number of nitrogens with two attached hydrogens (primary N) is 1. The summed E-state index contributed by atoms with van der Waals surface area (Å²) in [4.78, 5) is 17.1. The van der Waals surface area contributed by atoms with Crippen LogP contribution < -0.4 is 11.2 Å². The highest BCUT2D eigenvalue weighted by Crippen LogP contribution is 2.31. The third-order valence-corrected chi connectivity index (χ3v) is 6.71. The van der Waals surface area contributed by atoms with Gasteiger partial charge in [0.05, 0.1) is 22.2 Å². The Morgan fingerprint density at radius 3 is 2.81 bits per heavy atom. The highest BCUT2D eigenvalue weighted by molar-refractivity contribution is 7.99. The van der Waals surface area contributed by atoms with Gasteiger partial charge >= 0.3 is 0 Å². The number of thioether (sulfide) groups is 1. The van der Waals surface area contributed by atoms with Crippen molar-refractivity contribution in [1.29, 1.82) is 0 Å². The van der Waals surface area contributed by atoms with Gasteiger partial charge < -0.3 is 15.6 Å². The van der Waals surface area contributed by atoms with Crippen molar-refractivity contribution in [3.63, 3.8) is 0 Å². The van der Waals surface area contributed by atoms with Crippen LogP contribution in [0.2, 0.25) is 0 Å². The molecule has 3 heterocycles. The molecule has 10 heteroatoms. The minimum Gasteiger partial charge on any atom is -0.461 e. The van der Waals surface area contributed by atoms with Gasteiger partial charge in [-0.15, -0.1) is 21.5 Å². The van der Waals surface area contributed by atoms with Crippen LogP contribution in [0.15, 0.2) is 70.4 Å². The number of carbonyl (C=O) groups excluding carboxylic acids is 1. The smallest absolute Gasteiger partial charge is 0.234 e. The SMILES string of the molecule is Cc1ccc2nc(-c3ccc(NC(=O)CSc4nnc(-c5ccco5)n4N)cc3)sc2c1. The number of nitrogen functional groups attached to an aromatic ring is 1. The van der Waals surface area contributed by atoms with Crippen LogP contribution in [0.3, 0.4) is 0 Å². The number of amides is 1. The fraction of sp³-hybridized carbons (Fsp3) is 0.0909. The van der Waals surface area contributed by atoms with E-state index in [1.807, 2.05) is 30.3 Å². The molecule has 3 aromatic heterocycles. The Morgan fingerprint density at radius 2 is 2.03 bits per heavy atom. The zero-order valence-corrected chi connectivity index (χ0v) is 18.6. The highest BCUT2D eigenvalue weighted by Gasteiger charge is 2.15. The van der Waals surface area contributed by atoms with E-state index in [0.717, 1.165) is 20.8 Å². The number of hydrogen-bond donors (Lipinski definition) is 2.